The van der Waals surface area contributed by atoms with Crippen molar-refractivity contribution in [1.82, 2.24) is 0 Å². The Morgan fingerprint density at radius 2 is 1.90 bits per heavy atom. The van der Waals surface area contributed by atoms with Crippen molar-refractivity contribution >= 4 is 28.3 Å². The van der Waals surface area contributed by atoms with Crippen LogP contribution in [0.3, 0.4) is 0 Å². The number of hydrogen-bond acceptors (Lipinski definition) is 4. The number of nitrogens with zero attached hydrogens (tertiary/aromatic N) is 2. The topological polar surface area (TPSA) is 27.6 Å². The minimum Gasteiger partial charge on any atom is -0.378 e. The number of benzene rings is 1. The Morgan fingerprint density at radius 3 is 2.45 bits per heavy atom. The monoisotopic (exact) mass is 291 g/mol. The van der Waals surface area contributed by atoms with E-state index in [-0.39, 0.29) is 0 Å². The highest BCUT2D eigenvalue weighted by Crippen LogP contribution is 2.32. The van der Waals surface area contributed by atoms with Crippen LogP contribution in [0.25, 0.3) is 0 Å². The van der Waals surface area contributed by atoms with E-state index in [4.69, 9.17) is 0 Å². The van der Waals surface area contributed by atoms with Gasteiger partial charge in [0, 0.05) is 30.7 Å². The van der Waals surface area contributed by atoms with Crippen LogP contribution in [0.4, 0.5) is 11.4 Å². The van der Waals surface area contributed by atoms with Crippen LogP contribution in [0.5, 0.6) is 0 Å². The molecule has 0 aliphatic carbocycles. The lowest BCUT2D eigenvalue weighted by Gasteiger charge is -2.21. The van der Waals surface area contributed by atoms with Crippen molar-refractivity contribution in [3.63, 3.8) is 0 Å². The summed E-state index contributed by atoms with van der Waals surface area (Å²) in [7, 11) is 4.10. The normalized spacial score (nSPS) is 18.9. The van der Waals surface area contributed by atoms with Gasteiger partial charge in [0.1, 0.15) is 0 Å². The number of hydrogen-bond donors (Lipinski definition) is 1. The Kier molecular flexibility index (Phi) is 4.63. The van der Waals surface area contributed by atoms with Gasteiger partial charge in [0.05, 0.1) is 6.54 Å². The van der Waals surface area contributed by atoms with Crippen molar-refractivity contribution in [3.05, 3.63) is 24.3 Å². The van der Waals surface area contributed by atoms with Crippen LogP contribution in [0, 0.1) is 5.41 Å². The van der Waals surface area contributed by atoms with E-state index in [1.165, 1.54) is 12.1 Å². The molecule has 1 aliphatic heterocycles. The molecule has 0 aromatic heterocycles. The van der Waals surface area contributed by atoms with Crippen molar-refractivity contribution in [2.24, 2.45) is 10.4 Å². The number of nitrogens with one attached hydrogen (secondary N) is 1. The van der Waals surface area contributed by atoms with Crippen molar-refractivity contribution in [2.45, 2.75) is 32.4 Å². The first-order valence-electron chi connectivity index (χ1n) is 7.09. The minimum atomic E-state index is 0.371. The molecule has 3 nitrogen and oxygen atoms in total. The van der Waals surface area contributed by atoms with Crippen LogP contribution < -0.4 is 10.2 Å². The molecule has 0 amide bonds. The van der Waals surface area contributed by atoms with Crippen LogP contribution >= 0.6 is 11.8 Å². The molecular weight excluding hydrogens is 266 g/mol. The van der Waals surface area contributed by atoms with E-state index in [9.17, 15) is 0 Å². The van der Waals surface area contributed by atoms with E-state index >= 15 is 0 Å². The molecule has 4 heteroatoms. The molecule has 1 aromatic carbocycles. The minimum absolute atomic E-state index is 0.371. The summed E-state index contributed by atoms with van der Waals surface area (Å²) < 4.78 is 0. The van der Waals surface area contributed by atoms with Gasteiger partial charge in [0.25, 0.3) is 0 Å². The molecule has 1 atom stereocenters. The molecule has 0 bridgehead atoms. The second-order valence-electron chi connectivity index (χ2n) is 6.72. The number of thioether (sulfide) groups is 1. The molecule has 1 unspecified atom stereocenters. The number of rotatable bonds is 3. The molecule has 1 N–H and O–H groups in total. The summed E-state index contributed by atoms with van der Waals surface area (Å²) in [4.78, 5) is 6.71. The fourth-order valence-electron chi connectivity index (χ4n) is 2.24. The molecule has 20 heavy (non-hydrogen) atoms. The Morgan fingerprint density at radius 1 is 1.25 bits per heavy atom. The Hall–Kier alpha value is -1.16. The van der Waals surface area contributed by atoms with Gasteiger partial charge in [0.15, 0.2) is 5.17 Å². The average molecular weight is 291 g/mol. The molecule has 110 valence electrons. The summed E-state index contributed by atoms with van der Waals surface area (Å²) in [5.74, 6) is 0. The van der Waals surface area contributed by atoms with Gasteiger partial charge >= 0.3 is 0 Å². The highest BCUT2D eigenvalue weighted by Gasteiger charge is 2.24. The lowest BCUT2D eigenvalue weighted by molar-refractivity contribution is 0.375. The van der Waals surface area contributed by atoms with Crippen molar-refractivity contribution in [2.75, 3.05) is 30.9 Å². The predicted octanol–water partition coefficient (Wildman–Crippen LogP) is 4.07. The maximum atomic E-state index is 4.61. The van der Waals surface area contributed by atoms with Crippen molar-refractivity contribution in [1.29, 1.82) is 0 Å². The zero-order valence-electron chi connectivity index (χ0n) is 13.1. The first-order chi connectivity index (χ1) is 9.33. The lowest BCUT2D eigenvalue weighted by Crippen LogP contribution is -2.16. The van der Waals surface area contributed by atoms with Gasteiger partial charge in [-0.3, -0.25) is 4.99 Å². The van der Waals surface area contributed by atoms with E-state index in [2.05, 4.69) is 74.3 Å². The van der Waals surface area contributed by atoms with E-state index in [1.807, 2.05) is 11.8 Å². The second-order valence-corrected chi connectivity index (χ2v) is 8.01. The zero-order valence-corrected chi connectivity index (χ0v) is 13.9. The molecule has 0 radical (unpaired) electrons. The third kappa shape index (κ3) is 4.44. The molecule has 1 heterocycles. The third-order valence-electron chi connectivity index (χ3n) is 3.19. The Balaban J connectivity index is 1.89. The number of amidine groups is 1. The first kappa shape index (κ1) is 15.2. The van der Waals surface area contributed by atoms with E-state index < -0.39 is 0 Å². The molecule has 0 spiro atoms. The Labute approximate surface area is 126 Å². The average Bonchev–Trinajstić information content (AvgIpc) is 2.74. The van der Waals surface area contributed by atoms with Gasteiger partial charge in [-0.2, -0.15) is 0 Å². The van der Waals surface area contributed by atoms with Crippen LogP contribution in [-0.4, -0.2) is 31.1 Å². The standard InChI is InChI=1S/C16H25N3S/c1-16(2,3)10-14-11-17-15(20-14)18-12-6-8-13(9-7-12)19(4)5/h6-9,14H,10-11H2,1-5H3,(H,17,18). The third-order valence-corrected chi connectivity index (χ3v) is 4.30. The predicted molar refractivity (Wildman–Crippen MR) is 92.1 cm³/mol. The molecule has 1 aromatic rings. The van der Waals surface area contributed by atoms with Crippen LogP contribution in [0.1, 0.15) is 27.2 Å². The van der Waals surface area contributed by atoms with Gasteiger partial charge in [0.2, 0.25) is 0 Å². The maximum Gasteiger partial charge on any atom is 0.161 e. The summed E-state index contributed by atoms with van der Waals surface area (Å²) in [6, 6.07) is 8.45. The fourth-order valence-corrected chi connectivity index (χ4v) is 3.62. The van der Waals surface area contributed by atoms with Gasteiger partial charge < -0.3 is 10.2 Å². The summed E-state index contributed by atoms with van der Waals surface area (Å²) in [6.45, 7) is 7.80. The molecule has 0 fully saturated rings. The van der Waals surface area contributed by atoms with Crippen molar-refractivity contribution < 1.29 is 0 Å². The van der Waals surface area contributed by atoms with Crippen molar-refractivity contribution in [3.8, 4) is 0 Å². The molecule has 0 saturated carbocycles. The zero-order chi connectivity index (χ0) is 14.8. The Bertz CT molecular complexity index is 471. The smallest absolute Gasteiger partial charge is 0.161 e. The molecular formula is C16H25N3S. The van der Waals surface area contributed by atoms with E-state index in [0.29, 0.717) is 10.7 Å². The lowest BCUT2D eigenvalue weighted by atomic mass is 9.90. The number of anilines is 2. The van der Waals surface area contributed by atoms with Gasteiger partial charge in [-0.15, -0.1) is 0 Å². The summed E-state index contributed by atoms with van der Waals surface area (Å²) in [5, 5.41) is 5.08. The molecule has 1 aliphatic rings. The van der Waals surface area contributed by atoms with Gasteiger partial charge in [-0.1, -0.05) is 32.5 Å². The molecule has 2 rings (SSSR count). The van der Waals surface area contributed by atoms with Gasteiger partial charge in [-0.05, 0) is 36.1 Å². The van der Waals surface area contributed by atoms with Crippen LogP contribution in [0.2, 0.25) is 0 Å². The molecule has 0 saturated heterocycles. The highest BCUT2D eigenvalue weighted by atomic mass is 32.2. The fraction of sp³-hybridized carbons (Fsp3) is 0.562. The number of aliphatic imine (C=N–C) groups is 1. The highest BCUT2D eigenvalue weighted by molar-refractivity contribution is 8.15. The van der Waals surface area contributed by atoms with E-state index in [0.717, 1.165) is 17.4 Å². The van der Waals surface area contributed by atoms with Crippen LogP contribution in [-0.2, 0) is 0 Å². The van der Waals surface area contributed by atoms with Crippen LogP contribution in [0.15, 0.2) is 29.3 Å². The summed E-state index contributed by atoms with van der Waals surface area (Å²) in [5.41, 5.74) is 2.69. The van der Waals surface area contributed by atoms with Gasteiger partial charge in [-0.25, -0.2) is 0 Å². The second kappa shape index (κ2) is 6.08. The quantitative estimate of drug-likeness (QED) is 0.909. The first-order valence-corrected chi connectivity index (χ1v) is 7.97. The summed E-state index contributed by atoms with van der Waals surface area (Å²) in [6.07, 6.45) is 1.20. The SMILES string of the molecule is CN(C)c1ccc(NC2=NCC(CC(C)(C)C)S2)cc1. The summed E-state index contributed by atoms with van der Waals surface area (Å²) >= 11 is 1.87. The van der Waals surface area contributed by atoms with E-state index in [1.54, 1.807) is 0 Å². The maximum absolute atomic E-state index is 4.61. The largest absolute Gasteiger partial charge is 0.378 e.